The molecule has 2 aliphatic rings. The molecule has 2 atom stereocenters. The predicted molar refractivity (Wildman–Crippen MR) is 150 cm³/mol. The Hall–Kier alpha value is -3.90. The number of anilines is 1. The molecule has 40 heavy (non-hydrogen) atoms. The molecule has 1 fully saturated rings. The van der Waals surface area contributed by atoms with Crippen LogP contribution in [-0.4, -0.2) is 52.7 Å². The van der Waals surface area contributed by atoms with Gasteiger partial charge in [0.25, 0.3) is 5.78 Å². The number of fused-ring (bicyclic) bond motifs is 1. The Morgan fingerprint density at radius 2 is 2.02 bits per heavy atom. The second kappa shape index (κ2) is 10.6. The molecule has 10 nitrogen and oxygen atoms in total. The smallest absolute Gasteiger partial charge is 0.350 e. The summed E-state index contributed by atoms with van der Waals surface area (Å²) in [6, 6.07) is 6.92. The maximum absolute atomic E-state index is 13.6. The molecule has 0 radical (unpaired) electrons. The van der Waals surface area contributed by atoms with Gasteiger partial charge in [-0.2, -0.15) is 0 Å². The molecule has 0 unspecified atom stereocenters. The Labute approximate surface area is 241 Å². The van der Waals surface area contributed by atoms with Crippen LogP contribution in [0.3, 0.4) is 0 Å². The highest BCUT2D eigenvalue weighted by Crippen LogP contribution is 2.47. The number of ether oxygens (including phenoxy) is 3. The summed E-state index contributed by atoms with van der Waals surface area (Å²) < 4.78 is 16.4. The van der Waals surface area contributed by atoms with E-state index in [1.54, 1.807) is 32.0 Å². The third kappa shape index (κ3) is 4.60. The molecule has 1 aromatic heterocycles. The summed E-state index contributed by atoms with van der Waals surface area (Å²) >= 11 is 4.21. The van der Waals surface area contributed by atoms with Gasteiger partial charge in [-0.1, -0.05) is 11.3 Å². The van der Waals surface area contributed by atoms with Crippen molar-refractivity contribution in [2.45, 2.75) is 39.3 Å². The van der Waals surface area contributed by atoms with Crippen molar-refractivity contribution < 1.29 is 38.8 Å². The van der Waals surface area contributed by atoms with Crippen molar-refractivity contribution in [2.75, 3.05) is 18.6 Å². The summed E-state index contributed by atoms with van der Waals surface area (Å²) in [6.45, 7) is 5.37. The van der Waals surface area contributed by atoms with Crippen LogP contribution in [0.2, 0.25) is 0 Å². The van der Waals surface area contributed by atoms with E-state index in [-0.39, 0.29) is 50.0 Å². The van der Waals surface area contributed by atoms with E-state index in [1.807, 2.05) is 6.92 Å². The van der Waals surface area contributed by atoms with Gasteiger partial charge in [0, 0.05) is 12.0 Å². The number of methoxy groups -OCH3 is 1. The van der Waals surface area contributed by atoms with E-state index in [4.69, 9.17) is 14.2 Å². The number of amides is 1. The minimum absolute atomic E-state index is 0.0264. The third-order valence-electron chi connectivity index (χ3n) is 6.65. The first-order chi connectivity index (χ1) is 19.0. The highest BCUT2D eigenvalue weighted by molar-refractivity contribution is 9.10. The van der Waals surface area contributed by atoms with Crippen LogP contribution < -0.4 is 14.4 Å². The lowest BCUT2D eigenvalue weighted by Gasteiger charge is -2.24. The molecule has 0 aliphatic carbocycles. The molecule has 12 heteroatoms. The molecule has 1 saturated heterocycles. The zero-order valence-corrected chi connectivity index (χ0v) is 24.4. The van der Waals surface area contributed by atoms with Crippen LogP contribution in [0.15, 0.2) is 40.4 Å². The molecular formula is C28H25BrN2O8S. The Morgan fingerprint density at radius 1 is 1.27 bits per heavy atom. The summed E-state index contributed by atoms with van der Waals surface area (Å²) in [4.78, 5) is 45.4. The lowest BCUT2D eigenvalue weighted by molar-refractivity contribution is -0.132. The number of Topliss-reactive ketones (excluding diaryl/α,β-unsaturated/α-hetero) is 1. The zero-order chi connectivity index (χ0) is 28.9. The van der Waals surface area contributed by atoms with Crippen LogP contribution in [0.25, 0.3) is 5.76 Å². The number of carbonyl (C=O) groups is 3. The molecule has 0 spiro atoms. The van der Waals surface area contributed by atoms with Crippen LogP contribution in [0.1, 0.15) is 51.9 Å². The summed E-state index contributed by atoms with van der Waals surface area (Å²) in [5, 5.41) is 22.0. The number of hydrogen-bond donors (Lipinski definition) is 2. The number of esters is 1. The largest absolute Gasteiger partial charge is 0.507 e. The SMILES string of the molecule is CCOC(=O)c1sc(N2C(=O)C(=O)/C(=C(/O)c3ccc4c(c3)C[C@H](C)O4)[C@@H]2c2cc(Br)c(O)c(OC)c2)nc1C. The Bertz CT molecular complexity index is 1600. The van der Waals surface area contributed by atoms with Crippen molar-refractivity contribution in [3.8, 4) is 17.2 Å². The maximum atomic E-state index is 13.6. The second-order valence-corrected chi connectivity index (χ2v) is 11.1. The van der Waals surface area contributed by atoms with E-state index in [0.717, 1.165) is 21.8 Å². The first kappa shape index (κ1) is 27.7. The van der Waals surface area contributed by atoms with Gasteiger partial charge in [0.1, 0.15) is 22.5 Å². The fraction of sp³-hybridized carbons (Fsp3) is 0.286. The topological polar surface area (TPSA) is 135 Å². The van der Waals surface area contributed by atoms with Gasteiger partial charge in [-0.3, -0.25) is 14.5 Å². The van der Waals surface area contributed by atoms with Crippen molar-refractivity contribution in [1.29, 1.82) is 0 Å². The Kier molecular flexibility index (Phi) is 7.32. The van der Waals surface area contributed by atoms with Crippen LogP contribution in [0.4, 0.5) is 5.13 Å². The molecule has 3 heterocycles. The standard InChI is InChI=1S/C28H25BrN2O8S/c1-5-38-27(36)25-13(3)30-28(40-25)31-21(16-10-17(29)23(33)19(11-16)37-4)20(24(34)26(31)35)22(32)14-6-7-18-15(9-14)8-12(2)39-18/h6-7,9-12,21,32-33H,5,8H2,1-4H3/b22-20+/t12-,21-/m0/s1. The lowest BCUT2D eigenvalue weighted by atomic mass is 9.94. The number of rotatable bonds is 6. The number of aliphatic hydroxyl groups is 1. The van der Waals surface area contributed by atoms with Crippen LogP contribution >= 0.6 is 27.3 Å². The fourth-order valence-corrected chi connectivity index (χ4v) is 6.30. The fourth-order valence-electron chi connectivity index (χ4n) is 4.85. The second-order valence-electron chi connectivity index (χ2n) is 9.31. The lowest BCUT2D eigenvalue weighted by Crippen LogP contribution is -2.29. The molecule has 1 amide bonds. The average Bonchev–Trinajstić information content (AvgIpc) is 3.57. The van der Waals surface area contributed by atoms with E-state index in [0.29, 0.717) is 29.0 Å². The maximum Gasteiger partial charge on any atom is 0.350 e. The molecule has 2 aromatic carbocycles. The van der Waals surface area contributed by atoms with Crippen molar-refractivity contribution in [3.05, 3.63) is 67.6 Å². The molecule has 0 saturated carbocycles. The molecule has 2 aliphatic heterocycles. The van der Waals surface area contributed by atoms with Crippen molar-refractivity contribution in [2.24, 2.45) is 0 Å². The minimum atomic E-state index is -1.16. The zero-order valence-electron chi connectivity index (χ0n) is 22.0. The molecular weight excluding hydrogens is 604 g/mol. The molecule has 2 N–H and O–H groups in total. The predicted octanol–water partition coefficient (Wildman–Crippen LogP) is 5.05. The van der Waals surface area contributed by atoms with E-state index in [2.05, 4.69) is 20.9 Å². The number of phenolic OH excluding ortho intramolecular Hbond substituents is 1. The number of nitrogens with zero attached hydrogens (tertiary/aromatic N) is 2. The number of phenols is 1. The highest BCUT2D eigenvalue weighted by Gasteiger charge is 2.49. The number of ketones is 1. The van der Waals surface area contributed by atoms with Crippen molar-refractivity contribution in [3.63, 3.8) is 0 Å². The van der Waals surface area contributed by atoms with Gasteiger partial charge in [-0.25, -0.2) is 9.78 Å². The van der Waals surface area contributed by atoms with Gasteiger partial charge in [-0.15, -0.1) is 0 Å². The molecule has 3 aromatic rings. The van der Waals surface area contributed by atoms with E-state index in [1.165, 1.54) is 19.2 Å². The van der Waals surface area contributed by atoms with E-state index < -0.39 is 23.7 Å². The molecule has 5 rings (SSSR count). The number of carbonyl (C=O) groups excluding carboxylic acids is 3. The van der Waals surface area contributed by atoms with Gasteiger partial charge in [0.15, 0.2) is 16.6 Å². The van der Waals surface area contributed by atoms with E-state index >= 15 is 0 Å². The number of aryl methyl sites for hydroxylation is 1. The number of benzene rings is 2. The van der Waals surface area contributed by atoms with Gasteiger partial charge in [0.2, 0.25) is 0 Å². The van der Waals surface area contributed by atoms with Crippen molar-refractivity contribution in [1.82, 2.24) is 4.98 Å². The van der Waals surface area contributed by atoms with Crippen LogP contribution in [-0.2, 0) is 20.7 Å². The average molecular weight is 629 g/mol. The molecule has 208 valence electrons. The van der Waals surface area contributed by atoms with Crippen LogP contribution in [0, 0.1) is 6.92 Å². The number of aromatic nitrogens is 1. The van der Waals surface area contributed by atoms with Gasteiger partial charge < -0.3 is 24.4 Å². The summed E-state index contributed by atoms with van der Waals surface area (Å²) in [6.07, 6.45) is 0.604. The van der Waals surface area contributed by atoms with Crippen LogP contribution in [0.5, 0.6) is 17.2 Å². The number of aromatic hydroxyl groups is 1. The summed E-state index contributed by atoms with van der Waals surface area (Å²) in [5.41, 5.74) is 1.71. The number of halogens is 1. The first-order valence-corrected chi connectivity index (χ1v) is 14.0. The van der Waals surface area contributed by atoms with Crippen molar-refractivity contribution >= 4 is 55.8 Å². The normalized spacial score (nSPS) is 19.5. The van der Waals surface area contributed by atoms with Gasteiger partial charge in [0.05, 0.1) is 35.5 Å². The van der Waals surface area contributed by atoms with Gasteiger partial charge >= 0.3 is 11.9 Å². The number of hydrogen-bond acceptors (Lipinski definition) is 10. The first-order valence-electron chi connectivity index (χ1n) is 12.4. The minimum Gasteiger partial charge on any atom is -0.507 e. The molecule has 0 bridgehead atoms. The Morgan fingerprint density at radius 3 is 2.73 bits per heavy atom. The summed E-state index contributed by atoms with van der Waals surface area (Å²) in [7, 11) is 1.37. The third-order valence-corrected chi connectivity index (χ3v) is 8.39. The highest BCUT2D eigenvalue weighted by atomic mass is 79.9. The number of thiazole rings is 1. The quantitative estimate of drug-likeness (QED) is 0.166. The monoisotopic (exact) mass is 628 g/mol. The van der Waals surface area contributed by atoms with Gasteiger partial charge in [-0.05, 0) is 78.2 Å². The number of aliphatic hydroxyl groups excluding tert-OH is 1. The Balaban J connectivity index is 1.72. The summed E-state index contributed by atoms with van der Waals surface area (Å²) in [5.74, 6) is -2.24. The van der Waals surface area contributed by atoms with E-state index in [9.17, 15) is 24.6 Å².